The standard InChI is InChI=1S/C20H19F4N3O4S2/c1-2-33(28,29)26-13-4-3-5-14(8-13)27(11-16-10-25-12-32-16)15-6-7-17(30-19(21)22)18(9-15)31-20(23)24/h3-10,12,19-20,26H,2,11H2,1H3. The van der Waals surface area contributed by atoms with E-state index in [0.29, 0.717) is 17.1 Å². The minimum Gasteiger partial charge on any atom is -0.431 e. The van der Waals surface area contributed by atoms with Crippen molar-refractivity contribution in [2.75, 3.05) is 15.4 Å². The first-order valence-electron chi connectivity index (χ1n) is 9.46. The smallest absolute Gasteiger partial charge is 0.387 e. The van der Waals surface area contributed by atoms with Gasteiger partial charge in [-0.2, -0.15) is 17.6 Å². The highest BCUT2D eigenvalue weighted by molar-refractivity contribution is 7.92. The zero-order valence-corrected chi connectivity index (χ0v) is 18.8. The fourth-order valence-corrected chi connectivity index (χ4v) is 4.06. The summed E-state index contributed by atoms with van der Waals surface area (Å²) in [7, 11) is -3.53. The molecule has 3 aromatic rings. The average molecular weight is 506 g/mol. The Balaban J connectivity index is 2.04. The lowest BCUT2D eigenvalue weighted by Crippen LogP contribution is -2.18. The Morgan fingerprint density at radius 1 is 1.03 bits per heavy atom. The van der Waals surface area contributed by atoms with E-state index in [1.807, 2.05) is 0 Å². The van der Waals surface area contributed by atoms with Crippen molar-refractivity contribution >= 4 is 38.4 Å². The molecule has 7 nitrogen and oxygen atoms in total. The number of nitrogens with zero attached hydrogens (tertiary/aromatic N) is 2. The third-order valence-corrected chi connectivity index (χ3v) is 6.35. The molecule has 0 saturated heterocycles. The molecule has 1 N–H and O–H groups in total. The molecule has 0 atom stereocenters. The molecule has 0 radical (unpaired) electrons. The van der Waals surface area contributed by atoms with Crippen molar-refractivity contribution < 1.29 is 35.5 Å². The largest absolute Gasteiger partial charge is 0.431 e. The van der Waals surface area contributed by atoms with Crippen LogP contribution >= 0.6 is 11.3 Å². The highest BCUT2D eigenvalue weighted by atomic mass is 32.2. The molecule has 0 fully saturated rings. The molecular formula is C20H19F4N3O4S2. The normalized spacial score (nSPS) is 11.6. The summed E-state index contributed by atoms with van der Waals surface area (Å²) in [4.78, 5) is 6.49. The highest BCUT2D eigenvalue weighted by Gasteiger charge is 2.19. The minimum absolute atomic E-state index is 0.123. The molecule has 3 rings (SSSR count). The van der Waals surface area contributed by atoms with Gasteiger partial charge in [0.25, 0.3) is 0 Å². The van der Waals surface area contributed by atoms with Crippen LogP contribution in [0.1, 0.15) is 11.8 Å². The maximum absolute atomic E-state index is 12.9. The van der Waals surface area contributed by atoms with Crippen LogP contribution in [-0.2, 0) is 16.6 Å². The maximum Gasteiger partial charge on any atom is 0.387 e. The second kappa shape index (κ2) is 10.7. The van der Waals surface area contributed by atoms with Gasteiger partial charge in [-0.15, -0.1) is 11.3 Å². The predicted octanol–water partition coefficient (Wildman–Crippen LogP) is 5.45. The van der Waals surface area contributed by atoms with Gasteiger partial charge in [-0.1, -0.05) is 6.07 Å². The molecule has 1 aromatic heterocycles. The fraction of sp³-hybridized carbons (Fsp3) is 0.250. The molecular weight excluding hydrogens is 486 g/mol. The molecule has 0 saturated carbocycles. The average Bonchev–Trinajstić information content (AvgIpc) is 3.26. The molecule has 0 amide bonds. The molecule has 178 valence electrons. The number of ether oxygens (including phenoxy) is 2. The summed E-state index contributed by atoms with van der Waals surface area (Å²) in [6.07, 6.45) is 1.62. The summed E-state index contributed by atoms with van der Waals surface area (Å²) in [6, 6.07) is 10.1. The highest BCUT2D eigenvalue weighted by Crippen LogP contribution is 2.38. The zero-order valence-electron chi connectivity index (χ0n) is 17.1. The molecule has 0 unspecified atom stereocenters. The third-order valence-electron chi connectivity index (χ3n) is 4.28. The van der Waals surface area contributed by atoms with Crippen LogP contribution in [-0.4, -0.2) is 32.4 Å². The summed E-state index contributed by atoms with van der Waals surface area (Å²) in [5, 5.41) is 0. The van der Waals surface area contributed by atoms with Crippen LogP contribution in [0.15, 0.2) is 54.2 Å². The first kappa shape index (κ1) is 24.6. The van der Waals surface area contributed by atoms with E-state index in [-0.39, 0.29) is 12.3 Å². The second-order valence-corrected chi connectivity index (χ2v) is 9.48. The number of thiazole rings is 1. The Labute approximate surface area is 191 Å². The molecule has 13 heteroatoms. The summed E-state index contributed by atoms with van der Waals surface area (Å²) in [5.41, 5.74) is 2.73. The topological polar surface area (TPSA) is 80.8 Å². The van der Waals surface area contributed by atoms with Gasteiger partial charge in [-0.25, -0.2) is 8.42 Å². The molecule has 33 heavy (non-hydrogen) atoms. The van der Waals surface area contributed by atoms with Crippen LogP contribution in [0, 0.1) is 0 Å². The van der Waals surface area contributed by atoms with Gasteiger partial charge < -0.3 is 14.4 Å². The van der Waals surface area contributed by atoms with E-state index in [9.17, 15) is 26.0 Å². The SMILES string of the molecule is CCS(=O)(=O)Nc1cccc(N(Cc2cncs2)c2ccc(OC(F)F)c(OC(F)F)c2)c1. The lowest BCUT2D eigenvalue weighted by Gasteiger charge is -2.26. The number of alkyl halides is 4. The Kier molecular flexibility index (Phi) is 7.97. The number of nitrogens with one attached hydrogen (secondary N) is 1. The number of aromatic nitrogens is 1. The first-order chi connectivity index (χ1) is 15.7. The van der Waals surface area contributed by atoms with E-state index in [2.05, 4.69) is 19.2 Å². The van der Waals surface area contributed by atoms with E-state index < -0.39 is 34.7 Å². The van der Waals surface area contributed by atoms with E-state index in [1.54, 1.807) is 40.9 Å². The van der Waals surface area contributed by atoms with Crippen molar-refractivity contribution in [2.45, 2.75) is 26.7 Å². The Bertz CT molecular complexity index is 1160. The number of anilines is 3. The zero-order chi connectivity index (χ0) is 24.0. The number of benzene rings is 2. The Hall–Kier alpha value is -3.06. The quantitative estimate of drug-likeness (QED) is 0.349. The Morgan fingerprint density at radius 3 is 2.36 bits per heavy atom. The van der Waals surface area contributed by atoms with Crippen LogP contribution in [0.25, 0.3) is 0 Å². The van der Waals surface area contributed by atoms with E-state index in [1.165, 1.54) is 24.3 Å². The monoisotopic (exact) mass is 505 g/mol. The number of hydrogen-bond donors (Lipinski definition) is 1. The molecule has 0 aliphatic heterocycles. The summed E-state index contributed by atoms with van der Waals surface area (Å²) < 4.78 is 86.2. The summed E-state index contributed by atoms with van der Waals surface area (Å²) in [6.45, 7) is -4.76. The second-order valence-electron chi connectivity index (χ2n) is 6.50. The van der Waals surface area contributed by atoms with Gasteiger partial charge in [-0.05, 0) is 37.3 Å². The summed E-state index contributed by atoms with van der Waals surface area (Å²) in [5.74, 6) is -1.24. The van der Waals surface area contributed by atoms with Crippen molar-refractivity contribution in [1.82, 2.24) is 4.98 Å². The van der Waals surface area contributed by atoms with Crippen LogP contribution in [0.3, 0.4) is 0 Å². The van der Waals surface area contributed by atoms with Crippen molar-refractivity contribution in [3.05, 3.63) is 59.0 Å². The number of rotatable bonds is 11. The fourth-order valence-electron chi connectivity index (χ4n) is 2.84. The van der Waals surface area contributed by atoms with Gasteiger partial charge in [0, 0.05) is 28.5 Å². The van der Waals surface area contributed by atoms with E-state index in [0.717, 1.165) is 17.0 Å². The van der Waals surface area contributed by atoms with E-state index in [4.69, 9.17) is 0 Å². The van der Waals surface area contributed by atoms with Crippen molar-refractivity contribution in [3.8, 4) is 11.5 Å². The van der Waals surface area contributed by atoms with Gasteiger partial charge >= 0.3 is 13.2 Å². The van der Waals surface area contributed by atoms with Gasteiger partial charge in [0.15, 0.2) is 11.5 Å². The molecule has 0 bridgehead atoms. The van der Waals surface area contributed by atoms with Crippen molar-refractivity contribution in [3.63, 3.8) is 0 Å². The van der Waals surface area contributed by atoms with Gasteiger partial charge in [0.05, 0.1) is 23.5 Å². The molecule has 0 aliphatic rings. The van der Waals surface area contributed by atoms with Crippen LogP contribution in [0.4, 0.5) is 34.6 Å². The number of hydrogen-bond acceptors (Lipinski definition) is 7. The van der Waals surface area contributed by atoms with Gasteiger partial charge in [0.1, 0.15) is 0 Å². The predicted molar refractivity (Wildman–Crippen MR) is 117 cm³/mol. The van der Waals surface area contributed by atoms with Crippen LogP contribution in [0.2, 0.25) is 0 Å². The number of halogens is 4. The Morgan fingerprint density at radius 2 is 1.73 bits per heavy atom. The van der Waals surface area contributed by atoms with Gasteiger partial charge in [0.2, 0.25) is 10.0 Å². The molecule has 1 heterocycles. The minimum atomic E-state index is -3.53. The lowest BCUT2D eigenvalue weighted by molar-refractivity contribution is -0.0692. The van der Waals surface area contributed by atoms with Crippen molar-refractivity contribution in [2.24, 2.45) is 0 Å². The van der Waals surface area contributed by atoms with Crippen LogP contribution in [0.5, 0.6) is 11.5 Å². The maximum atomic E-state index is 12.9. The summed E-state index contributed by atoms with van der Waals surface area (Å²) >= 11 is 1.35. The van der Waals surface area contributed by atoms with Crippen molar-refractivity contribution in [1.29, 1.82) is 0 Å². The molecule has 0 spiro atoms. The third kappa shape index (κ3) is 6.96. The molecule has 2 aromatic carbocycles. The van der Waals surface area contributed by atoms with E-state index >= 15 is 0 Å². The first-order valence-corrected chi connectivity index (χ1v) is 12.0. The van der Waals surface area contributed by atoms with Crippen LogP contribution < -0.4 is 19.1 Å². The lowest BCUT2D eigenvalue weighted by atomic mass is 10.2. The van der Waals surface area contributed by atoms with Gasteiger partial charge in [-0.3, -0.25) is 9.71 Å². The molecule has 0 aliphatic carbocycles. The number of sulfonamides is 1.